The van der Waals surface area contributed by atoms with Crippen LogP contribution in [0.5, 0.6) is 5.75 Å². The average molecular weight is 368 g/mol. The average Bonchev–Trinajstić information content (AvgIpc) is 2.61. The number of phenols is 1. The smallest absolute Gasteiger partial charge is 0.115 e. The Kier molecular flexibility index (Phi) is 3.76. The van der Waals surface area contributed by atoms with E-state index in [0.717, 1.165) is 29.1 Å². The van der Waals surface area contributed by atoms with Crippen LogP contribution in [0.3, 0.4) is 0 Å². The van der Waals surface area contributed by atoms with Crippen molar-refractivity contribution in [2.45, 2.75) is 43.9 Å². The van der Waals surface area contributed by atoms with Crippen molar-refractivity contribution in [2.24, 2.45) is 17.3 Å². The van der Waals surface area contributed by atoms with E-state index in [0.29, 0.717) is 16.6 Å². The van der Waals surface area contributed by atoms with Crippen LogP contribution in [-0.2, 0) is 5.41 Å². The number of nitrogens with one attached hydrogen (secondary N) is 1. The molecule has 4 saturated carbocycles. The highest BCUT2D eigenvalue weighted by Gasteiger charge is 2.57. The first-order valence-electron chi connectivity index (χ1n) is 9.83. The summed E-state index contributed by atoms with van der Waals surface area (Å²) in [4.78, 5) is 0. The predicted octanol–water partition coefficient (Wildman–Crippen LogP) is 6.00. The van der Waals surface area contributed by atoms with Gasteiger partial charge in [-0.15, -0.1) is 0 Å². The molecule has 4 bridgehead atoms. The third-order valence-corrected chi connectivity index (χ3v) is 7.43. The minimum Gasteiger partial charge on any atom is -0.508 e. The van der Waals surface area contributed by atoms with E-state index in [1.807, 2.05) is 12.1 Å². The largest absolute Gasteiger partial charge is 0.508 e. The topological polar surface area (TPSA) is 32.3 Å². The standard InChI is InChI=1S/C23H26ClNO/c24-19-3-1-18(2-4-19)23-12-16-9-17(13-23)11-22(10-16,14-23)15-25-20-5-7-21(26)8-6-20/h1-8,16-17,25-26H,9-15H2. The van der Waals surface area contributed by atoms with Gasteiger partial charge >= 0.3 is 0 Å². The summed E-state index contributed by atoms with van der Waals surface area (Å²) in [5, 5.41) is 14.0. The van der Waals surface area contributed by atoms with Crippen LogP contribution in [0.4, 0.5) is 5.69 Å². The first kappa shape index (κ1) is 16.5. The highest BCUT2D eigenvalue weighted by molar-refractivity contribution is 6.30. The van der Waals surface area contributed by atoms with Crippen LogP contribution in [0.15, 0.2) is 48.5 Å². The lowest BCUT2D eigenvalue weighted by Gasteiger charge is -2.62. The number of hydrogen-bond acceptors (Lipinski definition) is 2. The maximum absolute atomic E-state index is 9.50. The van der Waals surface area contributed by atoms with Gasteiger partial charge in [-0.05, 0) is 103 Å². The second-order valence-electron chi connectivity index (χ2n) is 9.15. The molecule has 0 amide bonds. The van der Waals surface area contributed by atoms with Gasteiger partial charge in [-0.25, -0.2) is 0 Å². The number of phenolic OH excluding ortho intramolecular Hbond substituents is 1. The molecule has 2 unspecified atom stereocenters. The molecule has 2 aromatic carbocycles. The fraction of sp³-hybridized carbons (Fsp3) is 0.478. The Balaban J connectivity index is 1.41. The molecule has 136 valence electrons. The Morgan fingerprint density at radius 3 is 2.23 bits per heavy atom. The zero-order chi connectivity index (χ0) is 17.8. The fourth-order valence-electron chi connectivity index (χ4n) is 6.67. The fourth-order valence-corrected chi connectivity index (χ4v) is 6.80. The third-order valence-electron chi connectivity index (χ3n) is 7.17. The second kappa shape index (κ2) is 5.92. The Morgan fingerprint density at radius 1 is 0.923 bits per heavy atom. The van der Waals surface area contributed by atoms with Gasteiger partial charge in [0.05, 0.1) is 0 Å². The van der Waals surface area contributed by atoms with Gasteiger partial charge in [0.15, 0.2) is 0 Å². The van der Waals surface area contributed by atoms with Gasteiger partial charge in [-0.2, -0.15) is 0 Å². The molecule has 3 heteroatoms. The van der Waals surface area contributed by atoms with E-state index in [-0.39, 0.29) is 0 Å². The third kappa shape index (κ3) is 2.79. The van der Waals surface area contributed by atoms with E-state index in [9.17, 15) is 5.11 Å². The van der Waals surface area contributed by atoms with Crippen molar-refractivity contribution in [3.8, 4) is 5.75 Å². The normalized spacial score (nSPS) is 34.8. The summed E-state index contributed by atoms with van der Waals surface area (Å²) in [6.45, 7) is 1.04. The van der Waals surface area contributed by atoms with Crippen LogP contribution in [0.2, 0.25) is 5.02 Å². The summed E-state index contributed by atoms with van der Waals surface area (Å²) in [6, 6.07) is 16.2. The first-order valence-corrected chi connectivity index (χ1v) is 10.2. The SMILES string of the molecule is Oc1ccc(NCC23CC4CC(C2)CC(c2ccc(Cl)cc2)(C4)C3)cc1. The van der Waals surface area contributed by atoms with Crippen molar-refractivity contribution in [1.29, 1.82) is 0 Å². The minimum atomic E-state index is 0.326. The van der Waals surface area contributed by atoms with Gasteiger partial charge in [-0.1, -0.05) is 23.7 Å². The Hall–Kier alpha value is -1.67. The first-order chi connectivity index (χ1) is 12.5. The number of hydrogen-bond donors (Lipinski definition) is 2. The van der Waals surface area contributed by atoms with Gasteiger partial charge in [0.25, 0.3) is 0 Å². The van der Waals surface area contributed by atoms with Gasteiger partial charge < -0.3 is 10.4 Å². The molecule has 0 saturated heterocycles. The quantitative estimate of drug-likeness (QED) is 0.650. The summed E-state index contributed by atoms with van der Waals surface area (Å²) in [5.74, 6) is 2.06. The second-order valence-corrected chi connectivity index (χ2v) is 9.59. The highest BCUT2D eigenvalue weighted by atomic mass is 35.5. The zero-order valence-electron chi connectivity index (χ0n) is 15.0. The van der Waals surface area contributed by atoms with E-state index < -0.39 is 0 Å². The molecule has 0 spiro atoms. The lowest BCUT2D eigenvalue weighted by Crippen LogP contribution is -2.56. The molecule has 2 nitrogen and oxygen atoms in total. The molecule has 0 radical (unpaired) electrons. The molecular weight excluding hydrogens is 342 g/mol. The monoisotopic (exact) mass is 367 g/mol. The molecule has 2 atom stereocenters. The molecule has 2 N–H and O–H groups in total. The molecule has 4 aliphatic carbocycles. The molecule has 4 fully saturated rings. The number of benzene rings is 2. The van der Waals surface area contributed by atoms with E-state index in [4.69, 9.17) is 11.6 Å². The van der Waals surface area contributed by atoms with Crippen molar-refractivity contribution >= 4 is 17.3 Å². The number of anilines is 1. The molecule has 4 aliphatic rings. The summed E-state index contributed by atoms with van der Waals surface area (Å²) >= 11 is 6.15. The Morgan fingerprint density at radius 2 is 1.58 bits per heavy atom. The van der Waals surface area contributed by atoms with Crippen LogP contribution >= 0.6 is 11.6 Å². The van der Waals surface area contributed by atoms with E-state index in [1.165, 1.54) is 44.1 Å². The van der Waals surface area contributed by atoms with E-state index in [1.54, 1.807) is 12.1 Å². The van der Waals surface area contributed by atoms with E-state index in [2.05, 4.69) is 29.6 Å². The van der Waals surface area contributed by atoms with Crippen LogP contribution in [0, 0.1) is 17.3 Å². The molecule has 0 aromatic heterocycles. The van der Waals surface area contributed by atoms with Crippen LogP contribution < -0.4 is 5.32 Å². The van der Waals surface area contributed by atoms with E-state index >= 15 is 0 Å². The van der Waals surface area contributed by atoms with Crippen molar-refractivity contribution < 1.29 is 5.11 Å². The molecule has 2 aromatic rings. The van der Waals surface area contributed by atoms with Crippen LogP contribution in [-0.4, -0.2) is 11.7 Å². The predicted molar refractivity (Wildman–Crippen MR) is 107 cm³/mol. The summed E-state index contributed by atoms with van der Waals surface area (Å²) < 4.78 is 0. The van der Waals surface area contributed by atoms with Crippen molar-refractivity contribution in [3.05, 3.63) is 59.1 Å². The lowest BCUT2D eigenvalue weighted by molar-refractivity contribution is -0.0645. The number of rotatable bonds is 4. The summed E-state index contributed by atoms with van der Waals surface area (Å²) in [7, 11) is 0. The van der Waals surface area contributed by atoms with Crippen molar-refractivity contribution in [2.75, 3.05) is 11.9 Å². The van der Waals surface area contributed by atoms with Crippen molar-refractivity contribution in [1.82, 2.24) is 0 Å². The Bertz CT molecular complexity index is 784. The number of halogens is 1. The molecule has 26 heavy (non-hydrogen) atoms. The molecule has 0 heterocycles. The van der Waals surface area contributed by atoms with Crippen LogP contribution in [0.1, 0.15) is 44.1 Å². The van der Waals surface area contributed by atoms with Gasteiger partial charge in [0, 0.05) is 17.3 Å². The highest BCUT2D eigenvalue weighted by Crippen LogP contribution is 2.65. The number of aromatic hydroxyl groups is 1. The summed E-state index contributed by atoms with van der Waals surface area (Å²) in [6.07, 6.45) is 8.15. The Labute approximate surface area is 160 Å². The molecule has 6 rings (SSSR count). The van der Waals surface area contributed by atoms with Gasteiger partial charge in [-0.3, -0.25) is 0 Å². The lowest BCUT2D eigenvalue weighted by atomic mass is 9.43. The zero-order valence-corrected chi connectivity index (χ0v) is 15.8. The minimum absolute atomic E-state index is 0.326. The summed E-state index contributed by atoms with van der Waals surface area (Å²) in [5.41, 5.74) is 3.37. The molecular formula is C23H26ClNO. The maximum Gasteiger partial charge on any atom is 0.115 e. The van der Waals surface area contributed by atoms with Gasteiger partial charge in [0.1, 0.15) is 5.75 Å². The van der Waals surface area contributed by atoms with Crippen molar-refractivity contribution in [3.63, 3.8) is 0 Å². The van der Waals surface area contributed by atoms with Crippen LogP contribution in [0.25, 0.3) is 0 Å². The molecule has 0 aliphatic heterocycles. The van der Waals surface area contributed by atoms with Gasteiger partial charge in [0.2, 0.25) is 0 Å². The maximum atomic E-state index is 9.50.